The van der Waals surface area contributed by atoms with E-state index in [2.05, 4.69) is 4.98 Å². The summed E-state index contributed by atoms with van der Waals surface area (Å²) in [5, 5.41) is 5.03. The quantitative estimate of drug-likeness (QED) is 0.239. The number of anilines is 2. The molecule has 0 radical (unpaired) electrons. The van der Waals surface area contributed by atoms with Crippen molar-refractivity contribution in [1.82, 2.24) is 4.98 Å². The molecule has 0 aliphatic rings. The van der Waals surface area contributed by atoms with E-state index in [1.165, 1.54) is 34.4 Å². The number of thiazole rings is 1. The number of rotatable bonds is 9. The Hall–Kier alpha value is -2.67. The standard InChI is InChI=1S/C22H17Cl2N3O5S3/c23-15-5-8-19(17(24)10-15)32-12-21(28)27(22-25-18(13-34-22)20-2-1-9-33-20)11-14-3-6-16(7-4-14)26-35(29,30)31/h1-10,13,26H,11-12H2,(H,29,30,31). The Morgan fingerprint density at radius 2 is 1.89 bits per heavy atom. The molecule has 13 heteroatoms. The number of thiophene rings is 1. The lowest BCUT2D eigenvalue weighted by Gasteiger charge is -2.20. The first kappa shape index (κ1) is 25.4. The predicted molar refractivity (Wildman–Crippen MR) is 140 cm³/mol. The number of nitrogens with zero attached hydrogens (tertiary/aromatic N) is 2. The van der Waals surface area contributed by atoms with Gasteiger partial charge in [0.15, 0.2) is 11.7 Å². The highest BCUT2D eigenvalue weighted by atomic mass is 35.5. The van der Waals surface area contributed by atoms with Gasteiger partial charge in [-0.1, -0.05) is 41.4 Å². The Morgan fingerprint density at radius 1 is 1.11 bits per heavy atom. The molecule has 35 heavy (non-hydrogen) atoms. The molecule has 1 amide bonds. The molecule has 2 N–H and O–H groups in total. The molecule has 0 aliphatic carbocycles. The van der Waals surface area contributed by atoms with E-state index in [9.17, 15) is 13.2 Å². The van der Waals surface area contributed by atoms with Crippen LogP contribution in [0.4, 0.5) is 10.8 Å². The number of hydrogen-bond acceptors (Lipinski definition) is 7. The summed E-state index contributed by atoms with van der Waals surface area (Å²) in [6.45, 7) is -0.141. The highest BCUT2D eigenvalue weighted by Crippen LogP contribution is 2.32. The van der Waals surface area contributed by atoms with Crippen molar-refractivity contribution in [2.75, 3.05) is 16.2 Å². The van der Waals surface area contributed by atoms with Gasteiger partial charge in [-0.2, -0.15) is 8.42 Å². The first-order valence-corrected chi connectivity index (χ1v) is 13.9. The van der Waals surface area contributed by atoms with Crippen molar-refractivity contribution < 1.29 is 22.5 Å². The molecular formula is C22H17Cl2N3O5S3. The fraction of sp³-hybridized carbons (Fsp3) is 0.0909. The number of hydrogen-bond donors (Lipinski definition) is 2. The molecule has 0 spiro atoms. The van der Waals surface area contributed by atoms with Crippen LogP contribution in [-0.2, 0) is 21.6 Å². The van der Waals surface area contributed by atoms with Gasteiger partial charge in [-0.25, -0.2) is 4.98 Å². The van der Waals surface area contributed by atoms with E-state index in [0.717, 1.165) is 10.6 Å². The minimum absolute atomic E-state index is 0.153. The van der Waals surface area contributed by atoms with Gasteiger partial charge >= 0.3 is 10.3 Å². The zero-order valence-corrected chi connectivity index (χ0v) is 21.7. The third-order valence-electron chi connectivity index (χ3n) is 4.58. The number of benzene rings is 2. The number of nitrogens with one attached hydrogen (secondary N) is 1. The van der Waals surface area contributed by atoms with Gasteiger partial charge in [0.2, 0.25) is 0 Å². The summed E-state index contributed by atoms with van der Waals surface area (Å²) in [4.78, 5) is 20.3. The van der Waals surface area contributed by atoms with Gasteiger partial charge in [0.1, 0.15) is 5.75 Å². The smallest absolute Gasteiger partial charge is 0.357 e. The molecule has 2 aromatic heterocycles. The second-order valence-corrected chi connectivity index (χ2v) is 10.9. The van der Waals surface area contributed by atoms with Gasteiger partial charge in [-0.15, -0.1) is 22.7 Å². The number of carbonyl (C=O) groups excluding carboxylic acids is 1. The van der Waals surface area contributed by atoms with Gasteiger partial charge < -0.3 is 4.74 Å². The van der Waals surface area contributed by atoms with Crippen LogP contribution in [0.5, 0.6) is 5.75 Å². The zero-order chi connectivity index (χ0) is 25.0. The second-order valence-electron chi connectivity index (χ2n) is 7.11. The molecule has 4 rings (SSSR count). The minimum atomic E-state index is -4.39. The maximum Gasteiger partial charge on any atom is 0.357 e. The van der Waals surface area contributed by atoms with E-state index < -0.39 is 10.3 Å². The predicted octanol–water partition coefficient (Wildman–Crippen LogP) is 6.01. The fourth-order valence-electron chi connectivity index (χ4n) is 3.01. The average Bonchev–Trinajstić information content (AvgIpc) is 3.49. The molecule has 182 valence electrons. The first-order valence-electron chi connectivity index (χ1n) is 9.90. The number of amides is 1. The molecule has 0 aliphatic heterocycles. The summed E-state index contributed by atoms with van der Waals surface area (Å²) in [6.07, 6.45) is 0. The minimum Gasteiger partial charge on any atom is -0.482 e. The van der Waals surface area contributed by atoms with Crippen LogP contribution in [0.1, 0.15) is 5.56 Å². The van der Waals surface area contributed by atoms with Gasteiger partial charge in [-0.05, 0) is 47.3 Å². The molecular weight excluding hydrogens is 553 g/mol. The van der Waals surface area contributed by atoms with Gasteiger partial charge in [0, 0.05) is 10.4 Å². The normalized spacial score (nSPS) is 11.3. The summed E-state index contributed by atoms with van der Waals surface area (Å²) < 4.78 is 38.6. The largest absolute Gasteiger partial charge is 0.482 e. The average molecular weight is 571 g/mol. The lowest BCUT2D eigenvalue weighted by Crippen LogP contribution is -2.34. The van der Waals surface area contributed by atoms with Gasteiger partial charge in [0.25, 0.3) is 5.91 Å². The van der Waals surface area contributed by atoms with E-state index in [-0.39, 0.29) is 29.8 Å². The highest BCUT2D eigenvalue weighted by molar-refractivity contribution is 7.87. The molecule has 4 aromatic rings. The summed E-state index contributed by atoms with van der Waals surface area (Å²) >= 11 is 14.9. The Kier molecular flexibility index (Phi) is 7.95. The van der Waals surface area contributed by atoms with Crippen molar-refractivity contribution >= 4 is 72.9 Å². The van der Waals surface area contributed by atoms with Crippen LogP contribution in [0.3, 0.4) is 0 Å². The monoisotopic (exact) mass is 569 g/mol. The van der Waals surface area contributed by atoms with Crippen molar-refractivity contribution in [1.29, 1.82) is 0 Å². The lowest BCUT2D eigenvalue weighted by atomic mass is 10.2. The molecule has 0 atom stereocenters. The molecule has 0 fully saturated rings. The number of aromatic nitrogens is 1. The van der Waals surface area contributed by atoms with E-state index in [1.807, 2.05) is 27.6 Å². The van der Waals surface area contributed by atoms with Crippen molar-refractivity contribution in [2.45, 2.75) is 6.54 Å². The van der Waals surface area contributed by atoms with Crippen LogP contribution in [0.15, 0.2) is 65.4 Å². The van der Waals surface area contributed by atoms with Crippen molar-refractivity contribution in [3.8, 4) is 16.3 Å². The highest BCUT2D eigenvalue weighted by Gasteiger charge is 2.21. The maximum atomic E-state index is 13.2. The van der Waals surface area contributed by atoms with Crippen LogP contribution in [0.25, 0.3) is 10.6 Å². The Balaban J connectivity index is 1.56. The van der Waals surface area contributed by atoms with E-state index in [4.69, 9.17) is 32.5 Å². The number of carbonyl (C=O) groups is 1. The van der Waals surface area contributed by atoms with Gasteiger partial charge in [-0.3, -0.25) is 19.0 Å². The molecule has 8 nitrogen and oxygen atoms in total. The van der Waals surface area contributed by atoms with E-state index in [0.29, 0.717) is 21.5 Å². The summed E-state index contributed by atoms with van der Waals surface area (Å²) in [5.74, 6) is -0.0355. The van der Waals surface area contributed by atoms with E-state index in [1.54, 1.807) is 35.6 Å². The molecule has 2 aromatic carbocycles. The maximum absolute atomic E-state index is 13.2. The van der Waals surface area contributed by atoms with Crippen LogP contribution >= 0.6 is 45.9 Å². The van der Waals surface area contributed by atoms with Crippen molar-refractivity contribution in [3.63, 3.8) is 0 Å². The number of halogens is 2. The summed E-state index contributed by atoms with van der Waals surface area (Å²) in [5.41, 5.74) is 1.65. The lowest BCUT2D eigenvalue weighted by molar-refractivity contribution is -0.120. The third-order valence-corrected chi connectivity index (χ3v) is 7.36. The van der Waals surface area contributed by atoms with Crippen LogP contribution in [-0.4, -0.2) is 30.5 Å². The fourth-order valence-corrected chi connectivity index (χ4v) is 5.51. The van der Waals surface area contributed by atoms with Crippen molar-refractivity contribution in [3.05, 3.63) is 81.0 Å². The van der Waals surface area contributed by atoms with E-state index >= 15 is 0 Å². The van der Waals surface area contributed by atoms with Gasteiger partial charge in [0.05, 0.1) is 27.8 Å². The first-order chi connectivity index (χ1) is 16.7. The van der Waals surface area contributed by atoms with Crippen molar-refractivity contribution in [2.24, 2.45) is 0 Å². The molecule has 0 saturated heterocycles. The van der Waals surface area contributed by atoms with Crippen LogP contribution < -0.4 is 14.4 Å². The number of ether oxygens (including phenoxy) is 1. The Morgan fingerprint density at radius 3 is 2.54 bits per heavy atom. The Bertz CT molecular complexity index is 1430. The molecule has 0 saturated carbocycles. The molecule has 2 heterocycles. The molecule has 0 bridgehead atoms. The summed E-state index contributed by atoms with van der Waals surface area (Å²) in [6, 6.07) is 14.8. The Labute approximate surface area is 219 Å². The zero-order valence-electron chi connectivity index (χ0n) is 17.7. The summed E-state index contributed by atoms with van der Waals surface area (Å²) in [7, 11) is -4.39. The second kappa shape index (κ2) is 10.9. The topological polar surface area (TPSA) is 109 Å². The van der Waals surface area contributed by atoms with Crippen LogP contribution in [0, 0.1) is 0 Å². The van der Waals surface area contributed by atoms with Crippen LogP contribution in [0.2, 0.25) is 10.0 Å². The molecule has 0 unspecified atom stereocenters. The SMILES string of the molecule is O=C(COc1ccc(Cl)cc1Cl)N(Cc1ccc(NS(=O)(=O)O)cc1)c1nc(-c2cccs2)cs1. The third kappa shape index (κ3) is 6.94.